The molecule has 1 amide bonds. The molecule has 1 N–H and O–H groups in total. The van der Waals surface area contributed by atoms with E-state index in [0.29, 0.717) is 47.0 Å². The molecule has 12 heteroatoms. The van der Waals surface area contributed by atoms with Gasteiger partial charge in [-0.1, -0.05) is 6.07 Å². The van der Waals surface area contributed by atoms with Gasteiger partial charge in [-0.15, -0.1) is 0 Å². The van der Waals surface area contributed by atoms with Crippen LogP contribution >= 0.6 is 0 Å². The monoisotopic (exact) mass is 621 g/mol. The maximum Gasteiger partial charge on any atom is 0.228 e. The summed E-state index contributed by atoms with van der Waals surface area (Å²) in [7, 11) is -3.56. The number of benzene rings is 2. The summed E-state index contributed by atoms with van der Waals surface area (Å²) in [6, 6.07) is 9.72. The number of aryl methyl sites for hydroxylation is 1. The third kappa shape index (κ3) is 6.33. The second-order valence-electron chi connectivity index (χ2n) is 12.7. The summed E-state index contributed by atoms with van der Waals surface area (Å²) < 4.78 is 55.0. The van der Waals surface area contributed by atoms with Crippen molar-refractivity contribution in [1.82, 2.24) is 19.7 Å². The number of sulfone groups is 1. The number of carbonyl (C=O) groups is 1. The van der Waals surface area contributed by atoms with Crippen molar-refractivity contribution in [3.8, 4) is 11.5 Å². The number of amides is 1. The molecule has 2 fully saturated rings. The summed E-state index contributed by atoms with van der Waals surface area (Å²) in [5, 5.41) is 7.55. The van der Waals surface area contributed by atoms with E-state index in [-0.39, 0.29) is 45.9 Å². The molecule has 2 aliphatic heterocycles. The van der Waals surface area contributed by atoms with E-state index in [0.717, 1.165) is 13.1 Å². The van der Waals surface area contributed by atoms with Crippen molar-refractivity contribution in [3.63, 3.8) is 0 Å². The van der Waals surface area contributed by atoms with Gasteiger partial charge in [0, 0.05) is 30.9 Å². The van der Waals surface area contributed by atoms with Gasteiger partial charge in [-0.3, -0.25) is 19.4 Å². The van der Waals surface area contributed by atoms with Gasteiger partial charge in [-0.2, -0.15) is 5.10 Å². The molecule has 2 aromatic carbocycles. The molecule has 0 bridgehead atoms. The van der Waals surface area contributed by atoms with Crippen LogP contribution in [0.5, 0.6) is 11.5 Å². The average Bonchev–Trinajstić information content (AvgIpc) is 3.37. The number of pyridine rings is 1. The standard InChI is InChI=1S/C32H36FN5O5S/c1-20-9-21(11-30(39)36-23-13-35-38(16-23)32(2,3)4)10-27(33)31(20)43-29-7-8-34-28-6-5-25(12-26(28)29)44(40,41)19-22-14-37(15-22)24-17-42-18-24/h5-10,12-13,16,22,24H,11,14-15,17-19H2,1-4H3,(H,36,39). The Bertz CT molecular complexity index is 1800. The minimum Gasteiger partial charge on any atom is -0.453 e. The molecule has 232 valence electrons. The van der Waals surface area contributed by atoms with Crippen molar-refractivity contribution < 1.29 is 27.1 Å². The van der Waals surface area contributed by atoms with Crippen molar-refractivity contribution >= 4 is 32.3 Å². The number of likely N-dealkylation sites (tertiary alicyclic amines) is 1. The second kappa shape index (κ2) is 11.6. The zero-order chi connectivity index (χ0) is 31.2. The Morgan fingerprint density at radius 1 is 1.16 bits per heavy atom. The van der Waals surface area contributed by atoms with E-state index in [2.05, 4.69) is 20.3 Å². The highest BCUT2D eigenvalue weighted by Gasteiger charge is 2.38. The quantitative estimate of drug-likeness (QED) is 0.286. The number of halogens is 1. The Morgan fingerprint density at radius 2 is 1.93 bits per heavy atom. The first kappa shape index (κ1) is 30.2. The highest BCUT2D eigenvalue weighted by Crippen LogP contribution is 2.35. The molecule has 44 heavy (non-hydrogen) atoms. The Morgan fingerprint density at radius 3 is 2.59 bits per heavy atom. The number of ether oxygens (including phenoxy) is 2. The molecule has 4 heterocycles. The number of nitrogens with zero attached hydrogens (tertiary/aromatic N) is 4. The summed E-state index contributed by atoms with van der Waals surface area (Å²) in [5.74, 6) is -0.522. The maximum absolute atomic E-state index is 15.4. The van der Waals surface area contributed by atoms with E-state index in [1.54, 1.807) is 54.3 Å². The van der Waals surface area contributed by atoms with E-state index in [1.165, 1.54) is 12.3 Å². The van der Waals surface area contributed by atoms with Gasteiger partial charge in [0.1, 0.15) is 5.75 Å². The molecule has 0 radical (unpaired) electrons. The van der Waals surface area contributed by atoms with Gasteiger partial charge < -0.3 is 14.8 Å². The van der Waals surface area contributed by atoms with Crippen LogP contribution in [0.15, 0.2) is 59.9 Å². The predicted octanol–water partition coefficient (Wildman–Crippen LogP) is 4.71. The molecule has 0 atom stereocenters. The summed E-state index contributed by atoms with van der Waals surface area (Å²) in [5.41, 5.74) is 1.85. The van der Waals surface area contributed by atoms with Gasteiger partial charge in [-0.25, -0.2) is 12.8 Å². The first-order valence-electron chi connectivity index (χ1n) is 14.6. The number of hydrogen-bond acceptors (Lipinski definition) is 8. The van der Waals surface area contributed by atoms with Gasteiger partial charge in [0.15, 0.2) is 21.4 Å². The molecule has 2 aromatic heterocycles. The molecular weight excluding hydrogens is 585 g/mol. The van der Waals surface area contributed by atoms with Crippen molar-refractivity contribution in [2.24, 2.45) is 5.92 Å². The van der Waals surface area contributed by atoms with Crippen LogP contribution in [0.25, 0.3) is 10.9 Å². The van der Waals surface area contributed by atoms with Gasteiger partial charge in [-0.05, 0) is 75.1 Å². The van der Waals surface area contributed by atoms with E-state index in [9.17, 15) is 13.2 Å². The number of nitrogens with one attached hydrogen (secondary N) is 1. The van der Waals surface area contributed by atoms with Crippen molar-refractivity contribution in [3.05, 3.63) is 71.9 Å². The third-order valence-corrected chi connectivity index (χ3v) is 9.91. The molecule has 0 aliphatic carbocycles. The minimum absolute atomic E-state index is 0.00379. The molecule has 6 rings (SSSR count). The van der Waals surface area contributed by atoms with Crippen LogP contribution in [-0.2, 0) is 31.3 Å². The van der Waals surface area contributed by atoms with E-state index >= 15 is 4.39 Å². The van der Waals surface area contributed by atoms with Crippen molar-refractivity contribution in [2.75, 3.05) is 37.4 Å². The van der Waals surface area contributed by atoms with Crippen LogP contribution < -0.4 is 10.1 Å². The lowest BCUT2D eigenvalue weighted by molar-refractivity contribution is -0.115. The predicted molar refractivity (Wildman–Crippen MR) is 164 cm³/mol. The number of carbonyl (C=O) groups excluding carboxylic acids is 1. The van der Waals surface area contributed by atoms with Crippen molar-refractivity contribution in [2.45, 2.75) is 50.6 Å². The van der Waals surface area contributed by atoms with Crippen LogP contribution in [0, 0.1) is 18.7 Å². The number of aromatic nitrogens is 3. The molecule has 0 spiro atoms. The van der Waals surface area contributed by atoms with E-state index in [4.69, 9.17) is 9.47 Å². The van der Waals surface area contributed by atoms with Crippen LogP contribution in [0.2, 0.25) is 0 Å². The van der Waals surface area contributed by atoms with Crippen LogP contribution in [0.3, 0.4) is 0 Å². The minimum atomic E-state index is -3.56. The fraction of sp³-hybridized carbons (Fsp3) is 0.406. The van der Waals surface area contributed by atoms with Gasteiger partial charge >= 0.3 is 0 Å². The molecule has 0 saturated carbocycles. The Kier molecular flexibility index (Phi) is 7.93. The lowest BCUT2D eigenvalue weighted by Gasteiger charge is -2.47. The summed E-state index contributed by atoms with van der Waals surface area (Å²) in [6.07, 6.45) is 4.83. The van der Waals surface area contributed by atoms with Gasteiger partial charge in [0.25, 0.3) is 0 Å². The molecule has 0 unspecified atom stereocenters. The fourth-order valence-electron chi connectivity index (χ4n) is 5.52. The highest BCUT2D eigenvalue weighted by atomic mass is 32.2. The Labute approximate surface area is 256 Å². The van der Waals surface area contributed by atoms with Crippen LogP contribution in [-0.4, -0.2) is 72.1 Å². The van der Waals surface area contributed by atoms with Crippen molar-refractivity contribution in [1.29, 1.82) is 0 Å². The molecule has 2 saturated heterocycles. The lowest BCUT2D eigenvalue weighted by Crippen LogP contribution is -2.60. The number of hydrogen-bond donors (Lipinski definition) is 1. The van der Waals surface area contributed by atoms with Crippen LogP contribution in [0.1, 0.15) is 31.9 Å². The van der Waals surface area contributed by atoms with Crippen LogP contribution in [0.4, 0.5) is 10.1 Å². The van der Waals surface area contributed by atoms with Gasteiger partial charge in [0.05, 0.1) is 59.3 Å². The highest BCUT2D eigenvalue weighted by molar-refractivity contribution is 7.91. The zero-order valence-corrected chi connectivity index (χ0v) is 26.0. The number of anilines is 1. The Balaban J connectivity index is 1.16. The largest absolute Gasteiger partial charge is 0.453 e. The molecule has 2 aliphatic rings. The summed E-state index contributed by atoms with van der Waals surface area (Å²) >= 11 is 0. The first-order valence-corrected chi connectivity index (χ1v) is 16.3. The first-order chi connectivity index (χ1) is 20.9. The zero-order valence-electron chi connectivity index (χ0n) is 25.2. The summed E-state index contributed by atoms with van der Waals surface area (Å²) in [4.78, 5) is 19.5. The second-order valence-corrected chi connectivity index (χ2v) is 14.7. The summed E-state index contributed by atoms with van der Waals surface area (Å²) in [6.45, 7) is 10.6. The number of fused-ring (bicyclic) bond motifs is 1. The molecule has 4 aromatic rings. The van der Waals surface area contributed by atoms with E-state index in [1.807, 2.05) is 20.8 Å². The van der Waals surface area contributed by atoms with E-state index < -0.39 is 15.7 Å². The third-order valence-electron chi connectivity index (χ3n) is 8.03. The lowest BCUT2D eigenvalue weighted by atomic mass is 9.99. The average molecular weight is 622 g/mol. The molecule has 10 nitrogen and oxygen atoms in total. The smallest absolute Gasteiger partial charge is 0.228 e. The van der Waals surface area contributed by atoms with Gasteiger partial charge in [0.2, 0.25) is 5.91 Å². The number of rotatable bonds is 9. The topological polar surface area (TPSA) is 116 Å². The fourth-order valence-corrected chi connectivity index (χ4v) is 7.12. The Hall–Kier alpha value is -3.87. The normalized spacial score (nSPS) is 16.5. The maximum atomic E-state index is 15.4. The SMILES string of the molecule is Cc1cc(CC(=O)Nc2cnn(C(C)(C)C)c2)cc(F)c1Oc1ccnc2ccc(S(=O)(=O)CC3CN(C4COC4)C3)cc12. The molecular formula is C32H36FN5O5S.